The zero-order valence-corrected chi connectivity index (χ0v) is 11.0. The van der Waals surface area contributed by atoms with E-state index >= 15 is 0 Å². The van der Waals surface area contributed by atoms with Gasteiger partial charge in [0.25, 0.3) is 0 Å². The Hall–Kier alpha value is -2.11. The van der Waals surface area contributed by atoms with Crippen LogP contribution in [-0.2, 0) is 10.2 Å². The van der Waals surface area contributed by atoms with Gasteiger partial charge in [-0.15, -0.1) is 0 Å². The van der Waals surface area contributed by atoms with E-state index in [1.807, 2.05) is 0 Å². The predicted molar refractivity (Wildman–Crippen MR) is 71.0 cm³/mol. The van der Waals surface area contributed by atoms with Crippen LogP contribution in [0.2, 0.25) is 0 Å². The van der Waals surface area contributed by atoms with Crippen LogP contribution in [0.5, 0.6) is 0 Å². The molecule has 0 saturated heterocycles. The van der Waals surface area contributed by atoms with Crippen LogP contribution in [0.15, 0.2) is 24.3 Å². The van der Waals surface area contributed by atoms with Crippen LogP contribution >= 0.6 is 0 Å². The van der Waals surface area contributed by atoms with Crippen molar-refractivity contribution in [3.8, 4) is 0 Å². The average Bonchev–Trinajstić information content (AvgIpc) is 3.18. The molecule has 0 bridgehead atoms. The van der Waals surface area contributed by atoms with E-state index in [0.717, 1.165) is 18.4 Å². The molecule has 20 heavy (non-hydrogen) atoms. The summed E-state index contributed by atoms with van der Waals surface area (Å²) in [6.45, 7) is 0.572. The van der Waals surface area contributed by atoms with E-state index < -0.39 is 5.97 Å². The third kappa shape index (κ3) is 3.69. The zero-order valence-electron chi connectivity index (χ0n) is 11.0. The maximum Gasteiger partial charge on any atom is 0.314 e. The van der Waals surface area contributed by atoms with Crippen LogP contribution in [0.1, 0.15) is 24.8 Å². The van der Waals surface area contributed by atoms with Gasteiger partial charge >= 0.3 is 12.0 Å². The Morgan fingerprint density at radius 1 is 1.20 bits per heavy atom. The third-order valence-electron chi connectivity index (χ3n) is 3.52. The minimum absolute atomic E-state index is 0.0994. The fourth-order valence-corrected chi connectivity index (χ4v) is 2.12. The van der Waals surface area contributed by atoms with Gasteiger partial charge in [-0.2, -0.15) is 0 Å². The van der Waals surface area contributed by atoms with E-state index in [1.165, 1.54) is 12.1 Å². The summed E-state index contributed by atoms with van der Waals surface area (Å²) in [5.41, 5.74) is 0.919. The molecule has 0 unspecified atom stereocenters. The Kier molecular flexibility index (Phi) is 4.22. The van der Waals surface area contributed by atoms with Crippen molar-refractivity contribution in [2.75, 3.05) is 13.1 Å². The van der Waals surface area contributed by atoms with Crippen molar-refractivity contribution < 1.29 is 19.1 Å². The molecule has 0 aromatic heterocycles. The first-order chi connectivity index (χ1) is 9.52. The monoisotopic (exact) mass is 280 g/mol. The molecular formula is C14H17FN2O3. The van der Waals surface area contributed by atoms with Gasteiger partial charge in [-0.05, 0) is 30.5 Å². The van der Waals surface area contributed by atoms with Gasteiger partial charge in [0.2, 0.25) is 0 Å². The Morgan fingerprint density at radius 2 is 1.85 bits per heavy atom. The van der Waals surface area contributed by atoms with Gasteiger partial charge in [0.05, 0.1) is 6.42 Å². The highest BCUT2D eigenvalue weighted by Gasteiger charge is 2.44. The van der Waals surface area contributed by atoms with Crippen LogP contribution < -0.4 is 10.6 Å². The van der Waals surface area contributed by atoms with E-state index in [9.17, 15) is 14.0 Å². The van der Waals surface area contributed by atoms with E-state index in [1.54, 1.807) is 12.1 Å². The molecule has 1 aromatic carbocycles. The summed E-state index contributed by atoms with van der Waals surface area (Å²) in [4.78, 5) is 21.8. The molecule has 0 spiro atoms. The Morgan fingerprint density at radius 3 is 2.40 bits per heavy atom. The summed E-state index contributed by atoms with van der Waals surface area (Å²) in [7, 11) is 0. The van der Waals surface area contributed by atoms with Crippen molar-refractivity contribution in [3.05, 3.63) is 35.6 Å². The lowest BCUT2D eigenvalue weighted by molar-refractivity contribution is -0.136. The highest BCUT2D eigenvalue weighted by atomic mass is 19.1. The summed E-state index contributed by atoms with van der Waals surface area (Å²) in [6.07, 6.45) is 1.80. The molecule has 0 heterocycles. The molecule has 0 aliphatic heterocycles. The first-order valence-corrected chi connectivity index (χ1v) is 6.51. The van der Waals surface area contributed by atoms with Gasteiger partial charge in [0, 0.05) is 18.5 Å². The SMILES string of the molecule is O=C(O)CCNC(=O)NCC1(c2ccc(F)cc2)CC1. The van der Waals surface area contributed by atoms with Crippen LogP contribution in [0.4, 0.5) is 9.18 Å². The molecule has 1 fully saturated rings. The van der Waals surface area contributed by atoms with Crippen molar-refractivity contribution in [3.63, 3.8) is 0 Å². The van der Waals surface area contributed by atoms with Gasteiger partial charge in [-0.25, -0.2) is 9.18 Å². The fraction of sp³-hybridized carbons (Fsp3) is 0.429. The van der Waals surface area contributed by atoms with Crippen molar-refractivity contribution in [1.29, 1.82) is 0 Å². The summed E-state index contributed by atoms with van der Waals surface area (Å²) in [5.74, 6) is -1.22. The molecule has 0 radical (unpaired) electrons. The molecule has 3 N–H and O–H groups in total. The molecular weight excluding hydrogens is 263 g/mol. The van der Waals surface area contributed by atoms with Crippen molar-refractivity contribution in [2.24, 2.45) is 0 Å². The van der Waals surface area contributed by atoms with Crippen molar-refractivity contribution in [1.82, 2.24) is 10.6 Å². The minimum Gasteiger partial charge on any atom is -0.481 e. The Labute approximate surface area is 116 Å². The maximum absolute atomic E-state index is 12.9. The molecule has 1 saturated carbocycles. The second-order valence-electron chi connectivity index (χ2n) is 5.04. The molecule has 1 aliphatic carbocycles. The van der Waals surface area contributed by atoms with Crippen LogP contribution in [0, 0.1) is 5.82 Å². The van der Waals surface area contributed by atoms with E-state index in [-0.39, 0.29) is 30.2 Å². The lowest BCUT2D eigenvalue weighted by Gasteiger charge is -2.16. The Balaban J connectivity index is 1.80. The highest BCUT2D eigenvalue weighted by molar-refractivity contribution is 5.75. The van der Waals surface area contributed by atoms with Gasteiger partial charge in [-0.3, -0.25) is 4.79 Å². The summed E-state index contributed by atoms with van der Waals surface area (Å²) >= 11 is 0. The first kappa shape index (κ1) is 14.3. The summed E-state index contributed by atoms with van der Waals surface area (Å²) < 4.78 is 12.9. The lowest BCUT2D eigenvalue weighted by Crippen LogP contribution is -2.40. The number of benzene rings is 1. The number of nitrogens with one attached hydrogen (secondary N) is 2. The second-order valence-corrected chi connectivity index (χ2v) is 5.04. The molecule has 2 rings (SSSR count). The summed E-state index contributed by atoms with van der Waals surface area (Å²) in [5, 5.41) is 13.7. The topological polar surface area (TPSA) is 78.4 Å². The van der Waals surface area contributed by atoms with E-state index in [0.29, 0.717) is 6.54 Å². The van der Waals surface area contributed by atoms with Gasteiger partial charge in [0.15, 0.2) is 0 Å². The van der Waals surface area contributed by atoms with Crippen LogP contribution in [0.25, 0.3) is 0 Å². The molecule has 1 aromatic rings. The molecule has 2 amide bonds. The number of halogens is 1. The fourth-order valence-electron chi connectivity index (χ4n) is 2.12. The molecule has 108 valence electrons. The number of rotatable bonds is 6. The highest BCUT2D eigenvalue weighted by Crippen LogP contribution is 2.47. The van der Waals surface area contributed by atoms with Crippen LogP contribution in [0.3, 0.4) is 0 Å². The number of hydrogen-bond donors (Lipinski definition) is 3. The number of hydrogen-bond acceptors (Lipinski definition) is 2. The number of carbonyl (C=O) groups is 2. The number of carboxylic acid groups (broad SMARTS) is 1. The predicted octanol–water partition coefficient (Wildman–Crippen LogP) is 1.63. The van der Waals surface area contributed by atoms with Crippen molar-refractivity contribution in [2.45, 2.75) is 24.7 Å². The van der Waals surface area contributed by atoms with Gasteiger partial charge in [-0.1, -0.05) is 12.1 Å². The molecule has 0 atom stereocenters. The van der Waals surface area contributed by atoms with E-state index in [2.05, 4.69) is 10.6 Å². The summed E-state index contributed by atoms with van der Waals surface area (Å²) in [6, 6.07) is 5.95. The molecule has 6 heteroatoms. The zero-order chi connectivity index (χ0) is 14.6. The minimum atomic E-state index is -0.949. The lowest BCUT2D eigenvalue weighted by atomic mass is 9.96. The largest absolute Gasteiger partial charge is 0.481 e. The second kappa shape index (κ2) is 5.90. The molecule has 1 aliphatic rings. The molecule has 5 nitrogen and oxygen atoms in total. The van der Waals surface area contributed by atoms with Crippen LogP contribution in [-0.4, -0.2) is 30.2 Å². The Bertz CT molecular complexity index is 498. The quantitative estimate of drug-likeness (QED) is 0.741. The number of urea groups is 1. The van der Waals surface area contributed by atoms with E-state index in [4.69, 9.17) is 5.11 Å². The normalized spacial score (nSPS) is 15.4. The number of carboxylic acids is 1. The standard InChI is InChI=1S/C14H17FN2O3/c15-11-3-1-10(2-4-11)14(6-7-14)9-17-13(20)16-8-5-12(18)19/h1-4H,5-9H2,(H,18,19)(H2,16,17,20). The van der Waals surface area contributed by atoms with Gasteiger partial charge in [0.1, 0.15) is 5.82 Å². The number of aliphatic carboxylic acids is 1. The maximum atomic E-state index is 12.9. The third-order valence-corrected chi connectivity index (χ3v) is 3.52. The first-order valence-electron chi connectivity index (χ1n) is 6.51. The van der Waals surface area contributed by atoms with Gasteiger partial charge < -0.3 is 15.7 Å². The van der Waals surface area contributed by atoms with Crippen molar-refractivity contribution >= 4 is 12.0 Å². The average molecular weight is 280 g/mol. The number of carbonyl (C=O) groups excluding carboxylic acids is 1. The smallest absolute Gasteiger partial charge is 0.314 e. The number of amides is 2.